The third kappa shape index (κ3) is 1.39. The van der Waals surface area contributed by atoms with Crippen molar-refractivity contribution in [3.63, 3.8) is 0 Å². The van der Waals surface area contributed by atoms with Crippen molar-refractivity contribution in [1.29, 1.82) is 0 Å². The molecule has 0 amide bonds. The largest absolute Gasteiger partial charge is 0.358 e. The van der Waals surface area contributed by atoms with E-state index >= 15 is 0 Å². The molecule has 2 aliphatic carbocycles. The monoisotopic (exact) mass is 239 g/mol. The molecule has 2 aliphatic rings. The van der Waals surface area contributed by atoms with Gasteiger partial charge in [0.25, 0.3) is 0 Å². The van der Waals surface area contributed by atoms with Crippen LogP contribution in [0.2, 0.25) is 0 Å². The van der Waals surface area contributed by atoms with Crippen LogP contribution in [0.4, 0.5) is 0 Å². The van der Waals surface area contributed by atoms with Crippen molar-refractivity contribution in [2.75, 3.05) is 0 Å². The van der Waals surface area contributed by atoms with Crippen molar-refractivity contribution in [3.05, 3.63) is 35.5 Å². The zero-order valence-corrected chi connectivity index (χ0v) is 11.1. The predicted molar refractivity (Wildman–Crippen MR) is 75.8 cm³/mol. The van der Waals surface area contributed by atoms with Gasteiger partial charge in [0.1, 0.15) is 0 Å². The van der Waals surface area contributed by atoms with Crippen LogP contribution in [0.3, 0.4) is 0 Å². The first kappa shape index (κ1) is 10.7. The van der Waals surface area contributed by atoms with E-state index in [2.05, 4.69) is 36.2 Å². The lowest BCUT2D eigenvalue weighted by atomic mass is 9.60. The summed E-state index contributed by atoms with van der Waals surface area (Å²) in [6, 6.07) is 8.82. The molecule has 0 bridgehead atoms. The predicted octanol–water partition coefficient (Wildman–Crippen LogP) is 4.46. The summed E-state index contributed by atoms with van der Waals surface area (Å²) in [6.07, 6.45) is 8.31. The molecule has 18 heavy (non-hydrogen) atoms. The Hall–Kier alpha value is -1.24. The number of aromatic nitrogens is 1. The van der Waals surface area contributed by atoms with Gasteiger partial charge in [0.15, 0.2) is 0 Å². The molecular formula is C17H21N. The molecule has 1 heteroatoms. The van der Waals surface area contributed by atoms with Gasteiger partial charge in [-0.1, -0.05) is 38.0 Å². The van der Waals surface area contributed by atoms with Crippen LogP contribution in [-0.4, -0.2) is 4.98 Å². The van der Waals surface area contributed by atoms with Gasteiger partial charge >= 0.3 is 0 Å². The number of benzene rings is 1. The van der Waals surface area contributed by atoms with Crippen LogP contribution < -0.4 is 0 Å². The molecule has 0 unspecified atom stereocenters. The van der Waals surface area contributed by atoms with E-state index in [1.165, 1.54) is 55.1 Å². The second kappa shape index (κ2) is 3.63. The SMILES string of the molecule is C[C@@]12CCCC[C@@H]1Cc1[nH]c3ccccc3c1C2. The number of nitrogens with one attached hydrogen (secondary N) is 1. The summed E-state index contributed by atoms with van der Waals surface area (Å²) in [5.41, 5.74) is 5.05. The van der Waals surface area contributed by atoms with Crippen LogP contribution in [0.25, 0.3) is 10.9 Å². The lowest BCUT2D eigenvalue weighted by Gasteiger charge is -2.45. The fourth-order valence-electron chi connectivity index (χ4n) is 4.34. The van der Waals surface area contributed by atoms with Crippen LogP contribution in [-0.2, 0) is 12.8 Å². The van der Waals surface area contributed by atoms with E-state index in [1.807, 2.05) is 0 Å². The van der Waals surface area contributed by atoms with E-state index in [1.54, 1.807) is 5.56 Å². The molecule has 1 aromatic heterocycles. The summed E-state index contributed by atoms with van der Waals surface area (Å²) >= 11 is 0. The summed E-state index contributed by atoms with van der Waals surface area (Å²) in [5, 5.41) is 1.47. The number of hydrogen-bond donors (Lipinski definition) is 1. The first-order valence-corrected chi connectivity index (χ1v) is 7.35. The van der Waals surface area contributed by atoms with Gasteiger partial charge in [0.05, 0.1) is 0 Å². The van der Waals surface area contributed by atoms with Crippen molar-refractivity contribution >= 4 is 10.9 Å². The van der Waals surface area contributed by atoms with Gasteiger partial charge in [-0.25, -0.2) is 0 Å². The maximum atomic E-state index is 3.67. The summed E-state index contributed by atoms with van der Waals surface area (Å²) in [6.45, 7) is 2.53. The van der Waals surface area contributed by atoms with Gasteiger partial charge in [0.2, 0.25) is 0 Å². The van der Waals surface area contributed by atoms with E-state index in [0.717, 1.165) is 5.92 Å². The second-order valence-electron chi connectivity index (χ2n) is 6.61. The molecule has 0 radical (unpaired) electrons. The fraction of sp³-hybridized carbons (Fsp3) is 0.529. The molecule has 1 N–H and O–H groups in total. The van der Waals surface area contributed by atoms with Gasteiger partial charge in [0, 0.05) is 16.6 Å². The molecule has 1 heterocycles. The van der Waals surface area contributed by atoms with E-state index in [0.29, 0.717) is 5.41 Å². The van der Waals surface area contributed by atoms with Gasteiger partial charge < -0.3 is 4.98 Å². The summed E-state index contributed by atoms with van der Waals surface area (Å²) < 4.78 is 0. The van der Waals surface area contributed by atoms with Crippen LogP contribution in [0, 0.1) is 11.3 Å². The van der Waals surface area contributed by atoms with Gasteiger partial charge in [-0.3, -0.25) is 0 Å². The lowest BCUT2D eigenvalue weighted by Crippen LogP contribution is -2.37. The highest BCUT2D eigenvalue weighted by Crippen LogP contribution is 2.49. The van der Waals surface area contributed by atoms with Gasteiger partial charge in [-0.05, 0) is 48.6 Å². The minimum atomic E-state index is 0.566. The van der Waals surface area contributed by atoms with E-state index in [9.17, 15) is 0 Å². The first-order valence-electron chi connectivity index (χ1n) is 7.35. The fourth-order valence-corrected chi connectivity index (χ4v) is 4.34. The number of para-hydroxylation sites is 1. The zero-order valence-electron chi connectivity index (χ0n) is 11.1. The Balaban J connectivity index is 1.86. The summed E-state index contributed by atoms with van der Waals surface area (Å²) in [7, 11) is 0. The highest BCUT2D eigenvalue weighted by Gasteiger charge is 2.41. The van der Waals surface area contributed by atoms with Crippen LogP contribution in [0.15, 0.2) is 24.3 Å². The molecule has 0 aliphatic heterocycles. The van der Waals surface area contributed by atoms with Gasteiger partial charge in [-0.15, -0.1) is 0 Å². The Kier molecular flexibility index (Phi) is 2.15. The maximum absolute atomic E-state index is 3.67. The average Bonchev–Trinajstić information content (AvgIpc) is 2.73. The minimum Gasteiger partial charge on any atom is -0.358 e. The Morgan fingerprint density at radius 2 is 2.11 bits per heavy atom. The number of fused-ring (bicyclic) bond motifs is 4. The molecule has 4 rings (SSSR count). The highest BCUT2D eigenvalue weighted by atomic mass is 14.7. The molecule has 2 atom stereocenters. The van der Waals surface area contributed by atoms with Gasteiger partial charge in [-0.2, -0.15) is 0 Å². The molecule has 1 nitrogen and oxygen atoms in total. The Labute approximate surface area is 109 Å². The highest BCUT2D eigenvalue weighted by molar-refractivity contribution is 5.85. The molecule has 0 saturated heterocycles. The quantitative estimate of drug-likeness (QED) is 0.698. The normalized spacial score (nSPS) is 31.1. The van der Waals surface area contributed by atoms with Crippen LogP contribution in [0.5, 0.6) is 0 Å². The number of aromatic amines is 1. The Morgan fingerprint density at radius 1 is 1.22 bits per heavy atom. The van der Waals surface area contributed by atoms with Crippen LogP contribution >= 0.6 is 0 Å². The van der Waals surface area contributed by atoms with Crippen molar-refractivity contribution in [1.82, 2.24) is 4.98 Å². The van der Waals surface area contributed by atoms with Crippen LogP contribution in [0.1, 0.15) is 43.9 Å². The standard InChI is InChI=1S/C17H21N/c1-17-9-5-4-6-12(17)10-16-14(11-17)13-7-2-3-8-15(13)18-16/h2-3,7-8,12,18H,4-6,9-11H2,1H3/t12-,17+/m1/s1. The Bertz CT molecular complexity index is 595. The average molecular weight is 239 g/mol. The third-order valence-corrected chi connectivity index (χ3v) is 5.47. The summed E-state index contributed by atoms with van der Waals surface area (Å²) in [4.78, 5) is 3.67. The molecule has 1 fully saturated rings. The lowest BCUT2D eigenvalue weighted by molar-refractivity contribution is 0.104. The molecule has 2 aromatic rings. The third-order valence-electron chi connectivity index (χ3n) is 5.47. The minimum absolute atomic E-state index is 0.566. The van der Waals surface area contributed by atoms with Crippen molar-refractivity contribution in [2.45, 2.75) is 45.4 Å². The topological polar surface area (TPSA) is 15.8 Å². The Morgan fingerprint density at radius 3 is 3.06 bits per heavy atom. The molecule has 1 aromatic carbocycles. The molecule has 1 saturated carbocycles. The summed E-state index contributed by atoms with van der Waals surface area (Å²) in [5.74, 6) is 0.909. The number of H-pyrrole nitrogens is 1. The molecule has 94 valence electrons. The second-order valence-corrected chi connectivity index (χ2v) is 6.61. The number of rotatable bonds is 0. The van der Waals surface area contributed by atoms with Crippen molar-refractivity contribution in [2.24, 2.45) is 11.3 Å². The maximum Gasteiger partial charge on any atom is 0.0458 e. The molecule has 0 spiro atoms. The number of hydrogen-bond acceptors (Lipinski definition) is 0. The molecular weight excluding hydrogens is 218 g/mol. The van der Waals surface area contributed by atoms with E-state index in [4.69, 9.17) is 0 Å². The van der Waals surface area contributed by atoms with Crippen molar-refractivity contribution in [3.8, 4) is 0 Å². The first-order chi connectivity index (χ1) is 8.76. The smallest absolute Gasteiger partial charge is 0.0458 e. The van der Waals surface area contributed by atoms with Crippen molar-refractivity contribution < 1.29 is 0 Å². The zero-order chi connectivity index (χ0) is 12.2. The van der Waals surface area contributed by atoms with E-state index < -0.39 is 0 Å². The van der Waals surface area contributed by atoms with E-state index in [-0.39, 0.29) is 0 Å².